The van der Waals surface area contributed by atoms with Gasteiger partial charge in [-0.3, -0.25) is 14.9 Å². The first-order valence-corrected chi connectivity index (χ1v) is 6.81. The molecule has 1 rings (SSSR count). The van der Waals surface area contributed by atoms with Gasteiger partial charge in [-0.2, -0.15) is 0 Å². The summed E-state index contributed by atoms with van der Waals surface area (Å²) in [4.78, 5) is 24.1. The summed E-state index contributed by atoms with van der Waals surface area (Å²) in [5.41, 5.74) is 0.117. The van der Waals surface area contributed by atoms with Crippen molar-refractivity contribution in [2.75, 3.05) is 26.2 Å². The van der Waals surface area contributed by atoms with Crippen LogP contribution in [0.25, 0.3) is 0 Å². The molecule has 1 amide bonds. The third-order valence-corrected chi connectivity index (χ3v) is 3.33. The Hall–Kier alpha value is -1.66. The van der Waals surface area contributed by atoms with E-state index >= 15 is 0 Å². The van der Waals surface area contributed by atoms with Crippen LogP contribution >= 0.6 is 11.6 Å². The SMILES string of the molecule is CCN(CC)CCNC(=O)c1ccc([N+](=O)[O-])cc1Cl. The first-order chi connectivity index (χ1) is 9.49. The Morgan fingerprint density at radius 1 is 1.40 bits per heavy atom. The van der Waals surface area contributed by atoms with Gasteiger partial charge in [-0.15, -0.1) is 0 Å². The third kappa shape index (κ3) is 4.47. The van der Waals surface area contributed by atoms with Gasteiger partial charge in [0.05, 0.1) is 15.5 Å². The van der Waals surface area contributed by atoms with Crippen molar-refractivity contribution < 1.29 is 9.72 Å². The van der Waals surface area contributed by atoms with Crippen LogP contribution in [0.2, 0.25) is 5.02 Å². The van der Waals surface area contributed by atoms with Gasteiger partial charge in [-0.05, 0) is 19.2 Å². The second-order valence-corrected chi connectivity index (χ2v) is 4.61. The zero-order valence-electron chi connectivity index (χ0n) is 11.6. The fourth-order valence-electron chi connectivity index (χ4n) is 1.76. The molecule has 0 saturated heterocycles. The topological polar surface area (TPSA) is 75.5 Å². The number of hydrogen-bond acceptors (Lipinski definition) is 4. The Morgan fingerprint density at radius 3 is 2.55 bits per heavy atom. The minimum absolute atomic E-state index is 0.0829. The molecule has 0 unspecified atom stereocenters. The number of carbonyl (C=O) groups excluding carboxylic acids is 1. The number of nitrogens with one attached hydrogen (secondary N) is 1. The number of nitro groups is 1. The first kappa shape index (κ1) is 16.4. The van der Waals surface area contributed by atoms with Crippen LogP contribution in [0.4, 0.5) is 5.69 Å². The highest BCUT2D eigenvalue weighted by Crippen LogP contribution is 2.22. The molecular formula is C13H18ClN3O3. The summed E-state index contributed by atoms with van der Waals surface area (Å²) < 4.78 is 0. The summed E-state index contributed by atoms with van der Waals surface area (Å²) in [6, 6.07) is 3.82. The number of nitrogens with zero attached hydrogens (tertiary/aromatic N) is 2. The van der Waals surface area contributed by atoms with E-state index in [1.54, 1.807) is 0 Å². The molecule has 0 radical (unpaired) electrons. The number of amides is 1. The number of carbonyl (C=O) groups is 1. The van der Waals surface area contributed by atoms with Crippen LogP contribution in [0.1, 0.15) is 24.2 Å². The highest BCUT2D eigenvalue weighted by Gasteiger charge is 2.14. The van der Waals surface area contributed by atoms with Gasteiger partial charge in [0, 0.05) is 25.2 Å². The van der Waals surface area contributed by atoms with Crippen molar-refractivity contribution in [2.45, 2.75) is 13.8 Å². The molecule has 20 heavy (non-hydrogen) atoms. The van der Waals surface area contributed by atoms with E-state index in [1.165, 1.54) is 18.2 Å². The quantitative estimate of drug-likeness (QED) is 0.619. The summed E-state index contributed by atoms with van der Waals surface area (Å²) in [7, 11) is 0. The van der Waals surface area contributed by atoms with Crippen LogP contribution in [0.3, 0.4) is 0 Å². The minimum Gasteiger partial charge on any atom is -0.351 e. The van der Waals surface area contributed by atoms with Crippen molar-refractivity contribution in [2.24, 2.45) is 0 Å². The Kier molecular flexibility index (Phi) is 6.41. The maximum Gasteiger partial charge on any atom is 0.270 e. The summed E-state index contributed by atoms with van der Waals surface area (Å²) >= 11 is 5.89. The molecule has 1 aromatic rings. The number of non-ortho nitro benzene ring substituents is 1. The lowest BCUT2D eigenvalue weighted by Gasteiger charge is -2.18. The predicted molar refractivity (Wildman–Crippen MR) is 78.2 cm³/mol. The average molecular weight is 300 g/mol. The first-order valence-electron chi connectivity index (χ1n) is 6.44. The van der Waals surface area contributed by atoms with Crippen molar-refractivity contribution in [1.82, 2.24) is 10.2 Å². The van der Waals surface area contributed by atoms with Crippen LogP contribution in [-0.2, 0) is 0 Å². The van der Waals surface area contributed by atoms with Crippen LogP contribution in [0.15, 0.2) is 18.2 Å². The summed E-state index contributed by atoms with van der Waals surface area (Å²) in [5, 5.41) is 13.4. The number of benzene rings is 1. The zero-order valence-corrected chi connectivity index (χ0v) is 12.3. The molecule has 6 nitrogen and oxygen atoms in total. The average Bonchev–Trinajstić information content (AvgIpc) is 2.43. The van der Waals surface area contributed by atoms with Gasteiger partial charge in [0.2, 0.25) is 0 Å². The Balaban J connectivity index is 2.62. The smallest absolute Gasteiger partial charge is 0.270 e. The van der Waals surface area contributed by atoms with E-state index in [9.17, 15) is 14.9 Å². The highest BCUT2D eigenvalue weighted by molar-refractivity contribution is 6.34. The van der Waals surface area contributed by atoms with Crippen molar-refractivity contribution in [1.29, 1.82) is 0 Å². The van der Waals surface area contributed by atoms with Crippen molar-refractivity contribution >= 4 is 23.2 Å². The molecule has 0 saturated carbocycles. The second kappa shape index (κ2) is 7.81. The molecule has 7 heteroatoms. The van der Waals surface area contributed by atoms with E-state index in [-0.39, 0.29) is 22.2 Å². The van der Waals surface area contributed by atoms with Crippen LogP contribution in [-0.4, -0.2) is 41.9 Å². The van der Waals surface area contributed by atoms with Crippen molar-refractivity contribution in [3.63, 3.8) is 0 Å². The van der Waals surface area contributed by atoms with Crippen molar-refractivity contribution in [3.05, 3.63) is 38.9 Å². The van der Waals surface area contributed by atoms with Crippen molar-refractivity contribution in [3.8, 4) is 0 Å². The van der Waals surface area contributed by atoms with E-state index in [2.05, 4.69) is 24.1 Å². The minimum atomic E-state index is -0.548. The summed E-state index contributed by atoms with van der Waals surface area (Å²) in [6.07, 6.45) is 0. The molecule has 0 aliphatic heterocycles. The second-order valence-electron chi connectivity index (χ2n) is 4.20. The lowest BCUT2D eigenvalue weighted by atomic mass is 10.2. The van der Waals surface area contributed by atoms with E-state index in [0.29, 0.717) is 6.54 Å². The Labute approximate surface area is 122 Å². The third-order valence-electron chi connectivity index (χ3n) is 3.02. The van der Waals surface area contributed by atoms with E-state index in [4.69, 9.17) is 11.6 Å². The van der Waals surface area contributed by atoms with Gasteiger partial charge >= 0.3 is 0 Å². The number of rotatable bonds is 7. The lowest BCUT2D eigenvalue weighted by molar-refractivity contribution is -0.384. The van der Waals surface area contributed by atoms with Crippen LogP contribution in [0.5, 0.6) is 0 Å². The predicted octanol–water partition coefficient (Wildman–Crippen LogP) is 2.32. The van der Waals surface area contributed by atoms with Gasteiger partial charge < -0.3 is 10.2 Å². The number of likely N-dealkylation sites (N-methyl/N-ethyl adjacent to an activating group) is 1. The summed E-state index contributed by atoms with van der Waals surface area (Å²) in [5.74, 6) is -0.322. The molecule has 0 bridgehead atoms. The molecule has 1 N–H and O–H groups in total. The Bertz CT molecular complexity index is 490. The maximum atomic E-state index is 11.9. The van der Waals surface area contributed by atoms with Crippen LogP contribution in [0, 0.1) is 10.1 Å². The fourth-order valence-corrected chi connectivity index (χ4v) is 2.02. The zero-order chi connectivity index (χ0) is 15.1. The van der Waals surface area contributed by atoms with E-state index in [1.807, 2.05) is 0 Å². The molecule has 1 aromatic carbocycles. The molecular weight excluding hydrogens is 282 g/mol. The molecule has 0 aromatic heterocycles. The number of hydrogen-bond donors (Lipinski definition) is 1. The summed E-state index contributed by atoms with van der Waals surface area (Å²) in [6.45, 7) is 7.21. The molecule has 0 spiro atoms. The molecule has 0 aliphatic carbocycles. The standard InChI is InChI=1S/C13H18ClN3O3/c1-3-16(4-2)8-7-15-13(18)11-6-5-10(17(19)20)9-12(11)14/h5-6,9H,3-4,7-8H2,1-2H3,(H,15,18). The fraction of sp³-hybridized carbons (Fsp3) is 0.462. The van der Waals surface area contributed by atoms with E-state index in [0.717, 1.165) is 19.6 Å². The molecule has 0 heterocycles. The number of halogens is 1. The van der Waals surface area contributed by atoms with Gasteiger partial charge in [0.25, 0.3) is 11.6 Å². The van der Waals surface area contributed by atoms with Gasteiger partial charge in [-0.1, -0.05) is 25.4 Å². The monoisotopic (exact) mass is 299 g/mol. The molecule has 0 fully saturated rings. The largest absolute Gasteiger partial charge is 0.351 e. The Morgan fingerprint density at radius 2 is 2.05 bits per heavy atom. The maximum absolute atomic E-state index is 11.9. The number of nitro benzene ring substituents is 1. The van der Waals surface area contributed by atoms with E-state index < -0.39 is 4.92 Å². The lowest BCUT2D eigenvalue weighted by Crippen LogP contribution is -2.34. The normalized spacial score (nSPS) is 10.6. The molecule has 110 valence electrons. The highest BCUT2D eigenvalue weighted by atomic mass is 35.5. The van der Waals surface area contributed by atoms with Gasteiger partial charge in [0.1, 0.15) is 0 Å². The molecule has 0 aliphatic rings. The molecule has 0 atom stereocenters. The van der Waals surface area contributed by atoms with Crippen LogP contribution < -0.4 is 5.32 Å². The van der Waals surface area contributed by atoms with Gasteiger partial charge in [-0.25, -0.2) is 0 Å². The van der Waals surface area contributed by atoms with Gasteiger partial charge in [0.15, 0.2) is 0 Å².